The lowest BCUT2D eigenvalue weighted by molar-refractivity contribution is 0.0206. The Kier molecular flexibility index (Phi) is 5.01. The summed E-state index contributed by atoms with van der Waals surface area (Å²) < 4.78 is 19.5. The van der Waals surface area contributed by atoms with Crippen LogP contribution in [0.1, 0.15) is 44.4 Å². The van der Waals surface area contributed by atoms with Gasteiger partial charge in [0.25, 0.3) is 0 Å². The average molecular weight is 356 g/mol. The first-order chi connectivity index (χ1) is 12.3. The van der Waals surface area contributed by atoms with Crippen molar-refractivity contribution >= 4 is 10.9 Å². The molecular weight excluding hydrogens is 331 g/mol. The van der Waals surface area contributed by atoms with E-state index in [2.05, 4.69) is 23.8 Å². The molecule has 0 saturated heterocycles. The molecule has 3 rings (SSSR count). The van der Waals surface area contributed by atoms with Gasteiger partial charge in [-0.3, -0.25) is 4.98 Å². The molecule has 2 atom stereocenters. The maximum absolute atomic E-state index is 14.1. The maximum Gasteiger partial charge on any atom is 0.123 e. The fourth-order valence-electron chi connectivity index (χ4n) is 3.86. The Balaban J connectivity index is 2.21. The highest BCUT2D eigenvalue weighted by Gasteiger charge is 2.38. The third-order valence-corrected chi connectivity index (χ3v) is 4.70. The highest BCUT2D eigenvalue weighted by Crippen LogP contribution is 2.43. The molecule has 2 unspecified atom stereocenters. The first kappa shape index (κ1) is 18.4. The lowest BCUT2D eigenvalue weighted by Crippen LogP contribution is -2.35. The molecule has 0 aliphatic heterocycles. The molecule has 0 spiro atoms. The smallest absolute Gasteiger partial charge is 0.123 e. The summed E-state index contributed by atoms with van der Waals surface area (Å²) in [6.45, 7) is 5.92. The Morgan fingerprint density at radius 3 is 2.69 bits per heavy atom. The molecule has 0 amide bonds. The summed E-state index contributed by atoms with van der Waals surface area (Å²) in [4.78, 5) is 7.48. The molecular formula is C21H25FN2O2. The van der Waals surface area contributed by atoms with E-state index in [0.29, 0.717) is 17.7 Å². The van der Waals surface area contributed by atoms with Crippen LogP contribution >= 0.6 is 0 Å². The van der Waals surface area contributed by atoms with Gasteiger partial charge in [-0.1, -0.05) is 13.8 Å². The largest absolute Gasteiger partial charge is 0.496 e. The summed E-state index contributed by atoms with van der Waals surface area (Å²) in [5.74, 6) is 0.00202. The van der Waals surface area contributed by atoms with Crippen LogP contribution < -0.4 is 4.74 Å². The Morgan fingerprint density at radius 2 is 2.04 bits per heavy atom. The number of nitrogens with zero attached hydrogens (tertiary/aromatic N) is 1. The van der Waals surface area contributed by atoms with E-state index in [1.807, 2.05) is 12.1 Å². The van der Waals surface area contributed by atoms with E-state index < -0.39 is 11.5 Å². The van der Waals surface area contributed by atoms with Crippen molar-refractivity contribution < 1.29 is 14.2 Å². The van der Waals surface area contributed by atoms with E-state index in [1.54, 1.807) is 32.5 Å². The molecule has 0 aliphatic carbocycles. The average Bonchev–Trinajstić information content (AvgIpc) is 2.96. The third kappa shape index (κ3) is 3.58. The lowest BCUT2D eigenvalue weighted by atomic mass is 9.76. The van der Waals surface area contributed by atoms with Crippen molar-refractivity contribution in [2.45, 2.75) is 38.7 Å². The minimum atomic E-state index is -1.09. The molecule has 138 valence electrons. The van der Waals surface area contributed by atoms with Crippen molar-refractivity contribution in [2.24, 2.45) is 5.92 Å². The number of H-pyrrole nitrogens is 1. The normalized spacial score (nSPS) is 15.2. The second-order valence-electron chi connectivity index (χ2n) is 7.46. The number of halogens is 1. The Morgan fingerprint density at radius 1 is 1.27 bits per heavy atom. The van der Waals surface area contributed by atoms with E-state index in [0.717, 1.165) is 16.6 Å². The molecule has 2 N–H and O–H groups in total. The van der Waals surface area contributed by atoms with Gasteiger partial charge in [0.15, 0.2) is 0 Å². The summed E-state index contributed by atoms with van der Waals surface area (Å²) in [6.07, 6.45) is 4.03. The van der Waals surface area contributed by atoms with Crippen LogP contribution in [0.5, 0.6) is 5.75 Å². The molecule has 0 saturated carbocycles. The number of nitrogens with one attached hydrogen (secondary N) is 1. The van der Waals surface area contributed by atoms with E-state index in [-0.39, 0.29) is 11.7 Å². The monoisotopic (exact) mass is 356 g/mol. The molecule has 0 bridgehead atoms. The molecule has 5 heteroatoms. The third-order valence-electron chi connectivity index (χ3n) is 4.70. The quantitative estimate of drug-likeness (QED) is 0.676. The van der Waals surface area contributed by atoms with Gasteiger partial charge in [0, 0.05) is 22.8 Å². The van der Waals surface area contributed by atoms with Crippen molar-refractivity contribution in [3.63, 3.8) is 0 Å². The zero-order valence-electron chi connectivity index (χ0n) is 15.6. The number of aromatic amines is 1. The second-order valence-corrected chi connectivity index (χ2v) is 7.46. The predicted molar refractivity (Wildman–Crippen MR) is 101 cm³/mol. The predicted octanol–water partition coefficient (Wildman–Crippen LogP) is 4.64. The number of ether oxygens (including phenoxy) is 1. The first-order valence-corrected chi connectivity index (χ1v) is 8.80. The van der Waals surface area contributed by atoms with Crippen LogP contribution in [0.25, 0.3) is 10.9 Å². The molecule has 2 aromatic heterocycles. The van der Waals surface area contributed by atoms with Gasteiger partial charge >= 0.3 is 0 Å². The number of rotatable bonds is 6. The number of pyridine rings is 1. The Labute approximate surface area is 153 Å². The van der Waals surface area contributed by atoms with E-state index in [4.69, 9.17) is 4.74 Å². The van der Waals surface area contributed by atoms with Crippen LogP contribution in [0.2, 0.25) is 0 Å². The Bertz CT molecular complexity index is 869. The number of benzene rings is 1. The number of methoxy groups -OCH3 is 1. The fraction of sp³-hybridized carbons (Fsp3) is 0.381. The van der Waals surface area contributed by atoms with Crippen LogP contribution in [0.4, 0.5) is 4.39 Å². The molecule has 26 heavy (non-hydrogen) atoms. The SMILES string of the molecule is COc1ccc(F)cc1C(c1cc2ccncc2[nH]1)C(C)(O)CC(C)C. The van der Waals surface area contributed by atoms with Gasteiger partial charge in [-0.25, -0.2) is 4.39 Å². The van der Waals surface area contributed by atoms with Gasteiger partial charge in [0.1, 0.15) is 11.6 Å². The zero-order chi connectivity index (χ0) is 18.9. The molecule has 0 aliphatic rings. The zero-order valence-corrected chi connectivity index (χ0v) is 15.6. The van der Waals surface area contributed by atoms with Gasteiger partial charge in [-0.05, 0) is 49.6 Å². The number of aliphatic hydroxyl groups is 1. The van der Waals surface area contributed by atoms with Gasteiger partial charge in [0.05, 0.1) is 30.3 Å². The highest BCUT2D eigenvalue weighted by atomic mass is 19.1. The van der Waals surface area contributed by atoms with Crippen LogP contribution in [0, 0.1) is 11.7 Å². The van der Waals surface area contributed by atoms with Crippen molar-refractivity contribution in [2.75, 3.05) is 7.11 Å². The van der Waals surface area contributed by atoms with Gasteiger partial charge < -0.3 is 14.8 Å². The minimum Gasteiger partial charge on any atom is -0.496 e. The number of hydrogen-bond donors (Lipinski definition) is 2. The number of fused-ring (bicyclic) bond motifs is 1. The van der Waals surface area contributed by atoms with Crippen molar-refractivity contribution in [3.05, 3.63) is 59.8 Å². The molecule has 0 fully saturated rings. The van der Waals surface area contributed by atoms with E-state index >= 15 is 0 Å². The fourth-order valence-corrected chi connectivity index (χ4v) is 3.86. The summed E-state index contributed by atoms with van der Waals surface area (Å²) in [5.41, 5.74) is 1.22. The van der Waals surface area contributed by atoms with Crippen LogP contribution in [-0.4, -0.2) is 27.8 Å². The van der Waals surface area contributed by atoms with E-state index in [9.17, 15) is 9.50 Å². The summed E-state index contributed by atoms with van der Waals surface area (Å²) in [7, 11) is 1.56. The van der Waals surface area contributed by atoms with Crippen LogP contribution in [-0.2, 0) is 0 Å². The van der Waals surface area contributed by atoms with Crippen molar-refractivity contribution in [1.29, 1.82) is 0 Å². The van der Waals surface area contributed by atoms with Gasteiger partial charge in [-0.2, -0.15) is 0 Å². The minimum absolute atomic E-state index is 0.276. The summed E-state index contributed by atoms with van der Waals surface area (Å²) in [5, 5.41) is 12.4. The summed E-state index contributed by atoms with van der Waals surface area (Å²) >= 11 is 0. The van der Waals surface area contributed by atoms with Crippen molar-refractivity contribution in [1.82, 2.24) is 9.97 Å². The lowest BCUT2D eigenvalue weighted by Gasteiger charge is -2.35. The molecule has 3 aromatic rings. The molecule has 0 radical (unpaired) electrons. The molecule has 2 heterocycles. The number of hydrogen-bond acceptors (Lipinski definition) is 3. The van der Waals surface area contributed by atoms with Crippen LogP contribution in [0.3, 0.4) is 0 Å². The topological polar surface area (TPSA) is 58.1 Å². The van der Waals surface area contributed by atoms with Gasteiger partial charge in [-0.15, -0.1) is 0 Å². The van der Waals surface area contributed by atoms with E-state index in [1.165, 1.54) is 12.1 Å². The highest BCUT2D eigenvalue weighted by molar-refractivity contribution is 5.79. The second kappa shape index (κ2) is 7.08. The summed E-state index contributed by atoms with van der Waals surface area (Å²) in [6, 6.07) is 8.31. The maximum atomic E-state index is 14.1. The van der Waals surface area contributed by atoms with Crippen LogP contribution in [0.15, 0.2) is 42.7 Å². The first-order valence-electron chi connectivity index (χ1n) is 8.80. The molecule has 1 aromatic carbocycles. The standard InChI is InChI=1S/C21H25FN2O2/c1-13(2)11-21(3,25)20(16-10-15(22)5-6-19(16)26-4)17-9-14-7-8-23-12-18(14)24-17/h5-10,12-13,20,24-25H,11H2,1-4H3. The number of aromatic nitrogens is 2. The Hall–Kier alpha value is -2.40. The van der Waals surface area contributed by atoms with Crippen molar-refractivity contribution in [3.8, 4) is 5.75 Å². The van der Waals surface area contributed by atoms with Gasteiger partial charge in [0.2, 0.25) is 0 Å². The molecule has 4 nitrogen and oxygen atoms in total.